The fourth-order valence-corrected chi connectivity index (χ4v) is 3.57. The van der Waals surface area contributed by atoms with Gasteiger partial charge < -0.3 is 14.2 Å². The maximum atomic E-state index is 6.03. The normalized spacial score (nSPS) is 12.7. The van der Waals surface area contributed by atoms with Crippen LogP contribution in [0.2, 0.25) is 0 Å². The van der Waals surface area contributed by atoms with Gasteiger partial charge in [-0.15, -0.1) is 0 Å². The zero-order valence-corrected chi connectivity index (χ0v) is 16.2. The molecule has 0 saturated carbocycles. The van der Waals surface area contributed by atoms with Crippen molar-refractivity contribution in [1.82, 2.24) is 10.1 Å². The van der Waals surface area contributed by atoms with Crippen LogP contribution in [0.1, 0.15) is 22.7 Å². The van der Waals surface area contributed by atoms with Crippen LogP contribution in [0.15, 0.2) is 66.0 Å². The molecule has 1 aliphatic rings. The van der Waals surface area contributed by atoms with Crippen LogP contribution in [-0.2, 0) is 13.0 Å². The Kier molecular flexibility index (Phi) is 4.98. The highest BCUT2D eigenvalue weighted by atomic mass is 16.5. The van der Waals surface area contributed by atoms with Crippen molar-refractivity contribution in [3.8, 4) is 16.9 Å². The molecular weight excluding hydrogens is 350 g/mol. The summed E-state index contributed by atoms with van der Waals surface area (Å²) >= 11 is 0. The minimum atomic E-state index is 0.436. The van der Waals surface area contributed by atoms with Gasteiger partial charge in [0.2, 0.25) is 0 Å². The predicted molar refractivity (Wildman–Crippen MR) is 110 cm³/mol. The zero-order valence-electron chi connectivity index (χ0n) is 16.2. The van der Waals surface area contributed by atoms with Crippen molar-refractivity contribution in [2.45, 2.75) is 26.8 Å². The number of ether oxygens (including phenoxy) is 1. The Bertz CT molecular complexity index is 1000. The first-order valence-corrected chi connectivity index (χ1v) is 9.34. The maximum Gasteiger partial charge on any atom is 0.141 e. The van der Waals surface area contributed by atoms with Crippen molar-refractivity contribution in [2.24, 2.45) is 0 Å². The summed E-state index contributed by atoms with van der Waals surface area (Å²) in [5, 5.41) is 4.11. The molecule has 0 atom stereocenters. The number of allylic oxidation sites excluding steroid dienone is 1. The van der Waals surface area contributed by atoms with Crippen LogP contribution in [0, 0.1) is 13.8 Å². The van der Waals surface area contributed by atoms with Gasteiger partial charge in [-0.2, -0.15) is 0 Å². The summed E-state index contributed by atoms with van der Waals surface area (Å²) in [6.45, 7) is 8.80. The Hall–Kier alpha value is -3.34. The lowest BCUT2D eigenvalue weighted by atomic mass is 9.96. The van der Waals surface area contributed by atoms with Crippen molar-refractivity contribution in [2.75, 3.05) is 11.5 Å². The molecule has 3 heterocycles. The van der Waals surface area contributed by atoms with E-state index in [9.17, 15) is 0 Å². The smallest absolute Gasteiger partial charge is 0.141 e. The van der Waals surface area contributed by atoms with E-state index < -0.39 is 0 Å². The van der Waals surface area contributed by atoms with Gasteiger partial charge >= 0.3 is 0 Å². The summed E-state index contributed by atoms with van der Waals surface area (Å²) in [4.78, 5) is 6.67. The van der Waals surface area contributed by atoms with Crippen molar-refractivity contribution in [3.63, 3.8) is 0 Å². The number of aryl methyl sites for hydroxylation is 2. The van der Waals surface area contributed by atoms with Gasteiger partial charge in [-0.05, 0) is 44.0 Å². The van der Waals surface area contributed by atoms with Crippen LogP contribution in [-0.4, -0.2) is 16.7 Å². The van der Waals surface area contributed by atoms with Crippen LogP contribution in [0.4, 0.5) is 5.69 Å². The van der Waals surface area contributed by atoms with Gasteiger partial charge in [0.1, 0.15) is 18.1 Å². The molecule has 4 rings (SSSR count). The minimum Gasteiger partial charge on any atom is -0.489 e. The lowest BCUT2D eigenvalue weighted by molar-refractivity contribution is 0.364. The van der Waals surface area contributed by atoms with E-state index in [0.29, 0.717) is 13.2 Å². The molecule has 0 bridgehead atoms. The number of pyridine rings is 1. The maximum absolute atomic E-state index is 6.03. The van der Waals surface area contributed by atoms with Crippen LogP contribution < -0.4 is 9.64 Å². The number of hydrogen-bond donors (Lipinski definition) is 0. The molecule has 3 aromatic rings. The molecule has 0 amide bonds. The molecule has 0 aliphatic carbocycles. The number of rotatable bonds is 6. The van der Waals surface area contributed by atoms with Crippen molar-refractivity contribution in [1.29, 1.82) is 0 Å². The molecule has 1 aromatic carbocycles. The first kappa shape index (κ1) is 18.0. The second kappa shape index (κ2) is 7.72. The van der Waals surface area contributed by atoms with E-state index in [1.54, 1.807) is 6.08 Å². The Morgan fingerprint density at radius 2 is 2.18 bits per heavy atom. The fraction of sp³-hybridized carbons (Fsp3) is 0.217. The predicted octanol–water partition coefficient (Wildman–Crippen LogP) is 4.99. The third-order valence-corrected chi connectivity index (χ3v) is 4.83. The Morgan fingerprint density at radius 1 is 1.29 bits per heavy atom. The average molecular weight is 373 g/mol. The van der Waals surface area contributed by atoms with E-state index >= 15 is 0 Å². The van der Waals surface area contributed by atoms with Crippen molar-refractivity contribution in [3.05, 3.63) is 84.2 Å². The highest BCUT2D eigenvalue weighted by molar-refractivity contribution is 5.79. The van der Waals surface area contributed by atoms with E-state index in [-0.39, 0.29) is 0 Å². The molecule has 5 heteroatoms. The van der Waals surface area contributed by atoms with E-state index in [4.69, 9.17) is 9.26 Å². The number of aromatic nitrogens is 2. The lowest BCUT2D eigenvalue weighted by Crippen LogP contribution is -2.20. The zero-order chi connectivity index (χ0) is 19.5. The first-order chi connectivity index (χ1) is 13.7. The quantitative estimate of drug-likeness (QED) is 0.570. The molecular formula is C23H23N3O2. The molecule has 1 aliphatic heterocycles. The number of anilines is 1. The van der Waals surface area contributed by atoms with Crippen molar-refractivity contribution < 1.29 is 9.26 Å². The van der Waals surface area contributed by atoms with Gasteiger partial charge in [0, 0.05) is 29.7 Å². The highest BCUT2D eigenvalue weighted by Gasteiger charge is 2.22. The van der Waals surface area contributed by atoms with E-state index in [0.717, 1.165) is 46.1 Å². The molecule has 142 valence electrons. The third-order valence-electron chi connectivity index (χ3n) is 4.83. The SMILES string of the molecule is C=CCOc1cc2c(cc1-c1c(C)noc1C)CC=CN2Cc1ccccn1. The minimum absolute atomic E-state index is 0.436. The number of hydrogen-bond acceptors (Lipinski definition) is 5. The van der Waals surface area contributed by atoms with Gasteiger partial charge in [-0.3, -0.25) is 4.98 Å². The summed E-state index contributed by atoms with van der Waals surface area (Å²) in [7, 11) is 0. The van der Waals surface area contributed by atoms with Crippen LogP contribution in [0.3, 0.4) is 0 Å². The van der Waals surface area contributed by atoms with E-state index in [1.165, 1.54) is 5.56 Å². The molecule has 0 spiro atoms. The van der Waals surface area contributed by atoms with Gasteiger partial charge in [0.25, 0.3) is 0 Å². The summed E-state index contributed by atoms with van der Waals surface area (Å²) in [5.41, 5.74) is 6.24. The van der Waals surface area contributed by atoms with Crippen LogP contribution in [0.25, 0.3) is 11.1 Å². The number of fused-ring (bicyclic) bond motifs is 1. The summed E-state index contributed by atoms with van der Waals surface area (Å²) in [5.74, 6) is 1.59. The summed E-state index contributed by atoms with van der Waals surface area (Å²) in [6, 6.07) is 10.3. The summed E-state index contributed by atoms with van der Waals surface area (Å²) in [6.07, 6.45) is 8.73. The Labute approximate surface area is 165 Å². The van der Waals surface area contributed by atoms with Crippen LogP contribution in [0.5, 0.6) is 5.75 Å². The number of nitrogens with zero attached hydrogens (tertiary/aromatic N) is 3. The molecule has 5 nitrogen and oxygen atoms in total. The van der Waals surface area contributed by atoms with Gasteiger partial charge in [-0.1, -0.05) is 30.0 Å². The van der Waals surface area contributed by atoms with Gasteiger partial charge in [0.15, 0.2) is 0 Å². The topological polar surface area (TPSA) is 51.4 Å². The molecule has 2 aromatic heterocycles. The third kappa shape index (κ3) is 3.43. The molecule has 28 heavy (non-hydrogen) atoms. The van der Waals surface area contributed by atoms with E-state index in [2.05, 4.69) is 46.0 Å². The number of benzene rings is 1. The average Bonchev–Trinajstić information content (AvgIpc) is 3.05. The molecule has 0 radical (unpaired) electrons. The standard InChI is InChI=1S/C23H23N3O2/c1-4-12-27-22-14-21-18(13-20(22)23-16(2)25-28-17(23)3)8-7-11-26(21)15-19-9-5-6-10-24-19/h4-7,9-11,13-14H,1,8,12,15H2,2-3H3. The van der Waals surface area contributed by atoms with Crippen molar-refractivity contribution >= 4 is 5.69 Å². The second-order valence-corrected chi connectivity index (χ2v) is 6.81. The molecule has 0 fully saturated rings. The fourth-order valence-electron chi connectivity index (χ4n) is 3.57. The first-order valence-electron chi connectivity index (χ1n) is 9.34. The molecule has 0 N–H and O–H groups in total. The summed E-state index contributed by atoms with van der Waals surface area (Å²) < 4.78 is 11.4. The Morgan fingerprint density at radius 3 is 2.89 bits per heavy atom. The second-order valence-electron chi connectivity index (χ2n) is 6.81. The lowest BCUT2D eigenvalue weighted by Gasteiger charge is -2.28. The molecule has 0 unspecified atom stereocenters. The monoisotopic (exact) mass is 373 g/mol. The van der Waals surface area contributed by atoms with Gasteiger partial charge in [-0.25, -0.2) is 0 Å². The molecule has 0 saturated heterocycles. The van der Waals surface area contributed by atoms with Gasteiger partial charge in [0.05, 0.1) is 23.5 Å². The van der Waals surface area contributed by atoms with E-state index in [1.807, 2.05) is 38.2 Å². The largest absolute Gasteiger partial charge is 0.489 e. The highest BCUT2D eigenvalue weighted by Crippen LogP contribution is 2.41. The van der Waals surface area contributed by atoms with Crippen LogP contribution >= 0.6 is 0 Å². The Balaban J connectivity index is 1.78.